The SMILES string of the molecule is CC(=O)c1ccc(N2CCN(CC(=O)NC(=O)NCc3ccco3)CC2)cc1. The summed E-state index contributed by atoms with van der Waals surface area (Å²) in [6.45, 7) is 4.94. The Kier molecular flexibility index (Phi) is 6.44. The van der Waals surface area contributed by atoms with Gasteiger partial charge in [-0.2, -0.15) is 0 Å². The van der Waals surface area contributed by atoms with E-state index in [2.05, 4.69) is 15.5 Å². The van der Waals surface area contributed by atoms with Crippen molar-refractivity contribution in [2.75, 3.05) is 37.6 Å². The van der Waals surface area contributed by atoms with Crippen molar-refractivity contribution >= 4 is 23.4 Å². The molecule has 148 valence electrons. The molecular weight excluding hydrogens is 360 g/mol. The number of benzene rings is 1. The maximum atomic E-state index is 12.1. The molecule has 3 amide bonds. The van der Waals surface area contributed by atoms with E-state index in [4.69, 9.17) is 4.42 Å². The Balaban J connectivity index is 1.39. The molecule has 28 heavy (non-hydrogen) atoms. The number of imide groups is 1. The predicted octanol–water partition coefficient (Wildman–Crippen LogP) is 1.63. The number of carbonyl (C=O) groups excluding carboxylic acids is 3. The lowest BCUT2D eigenvalue weighted by molar-refractivity contribution is -0.121. The summed E-state index contributed by atoms with van der Waals surface area (Å²) in [4.78, 5) is 39.4. The molecule has 8 nitrogen and oxygen atoms in total. The first kappa shape index (κ1) is 19.6. The van der Waals surface area contributed by atoms with Crippen LogP contribution >= 0.6 is 0 Å². The van der Waals surface area contributed by atoms with E-state index in [1.807, 2.05) is 29.2 Å². The fourth-order valence-corrected chi connectivity index (χ4v) is 3.07. The van der Waals surface area contributed by atoms with E-state index in [9.17, 15) is 14.4 Å². The number of carbonyl (C=O) groups is 3. The normalized spacial score (nSPS) is 14.5. The first-order chi connectivity index (χ1) is 13.5. The number of Topliss-reactive ketones (excluding diaryl/α,β-unsaturated/α-hetero) is 1. The van der Waals surface area contributed by atoms with Crippen molar-refractivity contribution in [3.05, 3.63) is 54.0 Å². The van der Waals surface area contributed by atoms with Gasteiger partial charge in [0.1, 0.15) is 5.76 Å². The lowest BCUT2D eigenvalue weighted by atomic mass is 10.1. The van der Waals surface area contributed by atoms with Crippen LogP contribution in [0.15, 0.2) is 47.1 Å². The van der Waals surface area contributed by atoms with Crippen LogP contribution in [0.25, 0.3) is 0 Å². The molecule has 2 aromatic rings. The van der Waals surface area contributed by atoms with Crippen molar-refractivity contribution in [3.63, 3.8) is 0 Å². The molecule has 1 aliphatic heterocycles. The number of hydrogen-bond donors (Lipinski definition) is 2. The monoisotopic (exact) mass is 384 g/mol. The van der Waals surface area contributed by atoms with Gasteiger partial charge < -0.3 is 14.6 Å². The van der Waals surface area contributed by atoms with Crippen LogP contribution in [0.1, 0.15) is 23.0 Å². The van der Waals surface area contributed by atoms with E-state index < -0.39 is 6.03 Å². The highest BCUT2D eigenvalue weighted by Gasteiger charge is 2.20. The Morgan fingerprint density at radius 3 is 2.36 bits per heavy atom. The van der Waals surface area contributed by atoms with Gasteiger partial charge in [-0.05, 0) is 43.3 Å². The van der Waals surface area contributed by atoms with E-state index in [1.54, 1.807) is 19.1 Å². The zero-order chi connectivity index (χ0) is 19.9. The number of furan rings is 1. The number of piperazine rings is 1. The Bertz CT molecular complexity index is 809. The van der Waals surface area contributed by atoms with Crippen LogP contribution in [-0.4, -0.2) is 55.3 Å². The summed E-state index contributed by atoms with van der Waals surface area (Å²) in [7, 11) is 0. The number of nitrogens with zero attached hydrogens (tertiary/aromatic N) is 2. The van der Waals surface area contributed by atoms with Crippen molar-refractivity contribution < 1.29 is 18.8 Å². The first-order valence-electron chi connectivity index (χ1n) is 9.19. The van der Waals surface area contributed by atoms with Gasteiger partial charge in [0.15, 0.2) is 5.78 Å². The second-order valence-electron chi connectivity index (χ2n) is 6.68. The van der Waals surface area contributed by atoms with E-state index in [1.165, 1.54) is 6.26 Å². The quantitative estimate of drug-likeness (QED) is 0.735. The number of hydrogen-bond acceptors (Lipinski definition) is 6. The predicted molar refractivity (Wildman–Crippen MR) is 104 cm³/mol. The molecule has 1 aromatic heterocycles. The molecule has 2 heterocycles. The standard InChI is InChI=1S/C20H24N4O4/c1-15(25)16-4-6-17(7-5-16)24-10-8-23(9-11-24)14-19(26)22-20(27)21-13-18-3-2-12-28-18/h2-7,12H,8-11,13-14H2,1H3,(H2,21,22,26,27). The lowest BCUT2D eigenvalue weighted by Crippen LogP contribution is -2.51. The van der Waals surface area contributed by atoms with Gasteiger partial charge in [0, 0.05) is 37.4 Å². The summed E-state index contributed by atoms with van der Waals surface area (Å²) in [5, 5.41) is 4.91. The Morgan fingerprint density at radius 1 is 1.04 bits per heavy atom. The summed E-state index contributed by atoms with van der Waals surface area (Å²) in [5.41, 5.74) is 1.76. The topological polar surface area (TPSA) is 94.9 Å². The number of nitrogens with one attached hydrogen (secondary N) is 2. The van der Waals surface area contributed by atoms with Crippen molar-refractivity contribution in [1.82, 2.24) is 15.5 Å². The van der Waals surface area contributed by atoms with Gasteiger partial charge in [-0.15, -0.1) is 0 Å². The van der Waals surface area contributed by atoms with Gasteiger partial charge >= 0.3 is 6.03 Å². The molecule has 0 saturated carbocycles. The molecule has 0 aliphatic carbocycles. The average Bonchev–Trinajstić information content (AvgIpc) is 3.21. The van der Waals surface area contributed by atoms with E-state index in [0.29, 0.717) is 11.3 Å². The van der Waals surface area contributed by atoms with Gasteiger partial charge in [0.05, 0.1) is 19.4 Å². The van der Waals surface area contributed by atoms with Crippen molar-refractivity contribution in [2.45, 2.75) is 13.5 Å². The molecule has 0 atom stereocenters. The fraction of sp³-hybridized carbons (Fsp3) is 0.350. The molecule has 8 heteroatoms. The second kappa shape index (κ2) is 9.18. The molecule has 1 saturated heterocycles. The second-order valence-corrected chi connectivity index (χ2v) is 6.68. The summed E-state index contributed by atoms with van der Waals surface area (Å²) in [6.07, 6.45) is 1.53. The third-order valence-corrected chi connectivity index (χ3v) is 4.63. The smallest absolute Gasteiger partial charge is 0.321 e. The maximum Gasteiger partial charge on any atom is 0.321 e. The van der Waals surface area contributed by atoms with E-state index in [0.717, 1.165) is 31.9 Å². The lowest BCUT2D eigenvalue weighted by Gasteiger charge is -2.35. The van der Waals surface area contributed by atoms with Crippen molar-refractivity contribution in [1.29, 1.82) is 0 Å². The van der Waals surface area contributed by atoms with Crippen molar-refractivity contribution in [2.24, 2.45) is 0 Å². The van der Waals surface area contributed by atoms with Gasteiger partial charge in [-0.3, -0.25) is 19.8 Å². The van der Waals surface area contributed by atoms with E-state index in [-0.39, 0.29) is 24.8 Å². The average molecular weight is 384 g/mol. The highest BCUT2D eigenvalue weighted by atomic mass is 16.3. The number of amides is 3. The summed E-state index contributed by atoms with van der Waals surface area (Å²) in [5.74, 6) is 0.335. The highest BCUT2D eigenvalue weighted by molar-refractivity contribution is 5.95. The third kappa shape index (κ3) is 5.43. The molecule has 0 unspecified atom stereocenters. The van der Waals surface area contributed by atoms with Gasteiger partial charge in [-0.25, -0.2) is 4.79 Å². The summed E-state index contributed by atoms with van der Waals surface area (Å²) < 4.78 is 5.12. The molecule has 0 bridgehead atoms. The van der Waals surface area contributed by atoms with Crippen LogP contribution in [0.5, 0.6) is 0 Å². The molecule has 1 aromatic carbocycles. The van der Waals surface area contributed by atoms with Crippen LogP contribution in [0, 0.1) is 0 Å². The number of ketones is 1. The number of anilines is 1. The molecule has 1 aliphatic rings. The van der Waals surface area contributed by atoms with Gasteiger partial charge in [-0.1, -0.05) is 0 Å². The number of rotatable bonds is 6. The zero-order valence-electron chi connectivity index (χ0n) is 15.8. The van der Waals surface area contributed by atoms with E-state index >= 15 is 0 Å². The van der Waals surface area contributed by atoms with Crippen LogP contribution in [0.2, 0.25) is 0 Å². The molecule has 0 spiro atoms. The molecule has 0 radical (unpaired) electrons. The van der Waals surface area contributed by atoms with Crippen LogP contribution in [0.4, 0.5) is 10.5 Å². The Hall–Kier alpha value is -3.13. The maximum absolute atomic E-state index is 12.1. The summed E-state index contributed by atoms with van der Waals surface area (Å²) >= 11 is 0. The Morgan fingerprint density at radius 2 is 1.75 bits per heavy atom. The summed E-state index contributed by atoms with van der Waals surface area (Å²) in [6, 6.07) is 10.5. The van der Waals surface area contributed by atoms with Gasteiger partial charge in [0.2, 0.25) is 5.91 Å². The van der Waals surface area contributed by atoms with Crippen LogP contribution in [0.3, 0.4) is 0 Å². The first-order valence-corrected chi connectivity index (χ1v) is 9.19. The highest BCUT2D eigenvalue weighted by Crippen LogP contribution is 2.17. The zero-order valence-corrected chi connectivity index (χ0v) is 15.8. The Labute approximate surface area is 163 Å². The molecule has 1 fully saturated rings. The molecule has 3 rings (SSSR count). The fourth-order valence-electron chi connectivity index (χ4n) is 3.07. The van der Waals surface area contributed by atoms with Crippen molar-refractivity contribution in [3.8, 4) is 0 Å². The largest absolute Gasteiger partial charge is 0.467 e. The molecular formula is C20H24N4O4. The minimum Gasteiger partial charge on any atom is -0.467 e. The third-order valence-electron chi connectivity index (χ3n) is 4.63. The number of urea groups is 1. The minimum absolute atomic E-state index is 0.0515. The van der Waals surface area contributed by atoms with Crippen LogP contribution < -0.4 is 15.5 Å². The minimum atomic E-state index is -0.536. The molecule has 2 N–H and O–H groups in total. The van der Waals surface area contributed by atoms with Gasteiger partial charge in [0.25, 0.3) is 0 Å². The van der Waals surface area contributed by atoms with Crippen LogP contribution in [-0.2, 0) is 11.3 Å².